The number of carbonyl (C=O) groups excluding carboxylic acids is 1. The van der Waals surface area contributed by atoms with E-state index >= 15 is 0 Å². The Morgan fingerprint density at radius 1 is 0.821 bits per heavy atom. The number of ketones is 1. The molecule has 2 aromatic rings. The molecule has 15 heteroatoms. The van der Waals surface area contributed by atoms with E-state index in [4.69, 9.17) is 39.6 Å². The Balaban J connectivity index is 0.000000530. The molecule has 0 bridgehead atoms. The van der Waals surface area contributed by atoms with Crippen molar-refractivity contribution in [3.8, 4) is 5.69 Å². The van der Waals surface area contributed by atoms with Crippen LogP contribution in [0.1, 0.15) is 27.3 Å². The Bertz CT molecular complexity index is 1170. The number of hydrogen-bond acceptors (Lipinski definition) is 7. The van der Waals surface area contributed by atoms with Crippen LogP contribution in [-0.4, -0.2) is 104 Å². The first-order chi connectivity index (χ1) is 17.9. The molecule has 0 aliphatic carbocycles. The number of carboxylic acid groups (broad SMARTS) is 4. The van der Waals surface area contributed by atoms with Gasteiger partial charge in [0.05, 0.1) is 12.1 Å². The highest BCUT2D eigenvalue weighted by molar-refractivity contribution is 6.27. The largest absolute Gasteiger partial charge is 0.473 e. The average molecular weight is 559 g/mol. The molecule has 1 saturated heterocycles. The molecule has 1 aromatic carbocycles. The lowest BCUT2D eigenvalue weighted by Gasteiger charge is -2.31. The molecule has 0 saturated carbocycles. The van der Waals surface area contributed by atoms with Gasteiger partial charge in [-0.15, -0.1) is 0 Å². The van der Waals surface area contributed by atoms with Crippen molar-refractivity contribution in [1.29, 1.82) is 0 Å². The summed E-state index contributed by atoms with van der Waals surface area (Å²) < 4.78 is 40.8. The summed E-state index contributed by atoms with van der Waals surface area (Å²) in [4.78, 5) is 53.5. The van der Waals surface area contributed by atoms with E-state index in [0.717, 1.165) is 44.0 Å². The lowest BCUT2D eigenvalue weighted by Crippen LogP contribution is -2.46. The predicted molar refractivity (Wildman–Crippen MR) is 129 cm³/mol. The van der Waals surface area contributed by atoms with Crippen LogP contribution >= 0.6 is 0 Å². The van der Waals surface area contributed by atoms with Crippen molar-refractivity contribution in [3.05, 3.63) is 52.8 Å². The number of carboxylic acids is 4. The molecule has 3 rings (SSSR count). The van der Waals surface area contributed by atoms with Gasteiger partial charge >= 0.3 is 30.1 Å². The number of alkyl halides is 3. The van der Waals surface area contributed by atoms with Crippen LogP contribution in [0.2, 0.25) is 0 Å². The second-order valence-corrected chi connectivity index (χ2v) is 8.39. The first-order valence-electron chi connectivity index (χ1n) is 11.2. The van der Waals surface area contributed by atoms with Gasteiger partial charge in [0.2, 0.25) is 0 Å². The number of Topliss-reactive ketones (excluding diaryl/α,β-unsaturated/α-hetero) is 1. The van der Waals surface area contributed by atoms with Crippen LogP contribution in [0.25, 0.3) is 5.69 Å². The average Bonchev–Trinajstić information content (AvgIpc) is 3.14. The van der Waals surface area contributed by atoms with Crippen LogP contribution in [0.3, 0.4) is 0 Å². The minimum absolute atomic E-state index is 0.00544. The lowest BCUT2D eigenvalue weighted by atomic mass is 10.1. The number of hydrogen-bond donors (Lipinski definition) is 4. The lowest BCUT2D eigenvalue weighted by molar-refractivity contribution is -0.159. The number of piperazine rings is 1. The van der Waals surface area contributed by atoms with Gasteiger partial charge < -0.3 is 29.9 Å². The monoisotopic (exact) mass is 559 g/mol. The second kappa shape index (κ2) is 14.1. The maximum absolute atomic E-state index is 13.0. The number of benzene rings is 1. The molecule has 0 radical (unpaired) electrons. The van der Waals surface area contributed by atoms with E-state index in [1.165, 1.54) is 6.07 Å². The number of aryl methyl sites for hydroxylation is 1. The van der Waals surface area contributed by atoms with E-state index in [1.54, 1.807) is 30.5 Å². The summed E-state index contributed by atoms with van der Waals surface area (Å²) in [6.07, 6.45) is -4.40. The number of aliphatic carboxylic acids is 4. The highest BCUT2D eigenvalue weighted by atomic mass is 19.4. The number of nitrogens with zero attached hydrogens (tertiary/aromatic N) is 3. The minimum Gasteiger partial charge on any atom is -0.473 e. The standard InChI is InChI=1S/C20H24F3N3O.2C2H2O4/c1-14-11-18(19(27)13-25-9-7-24(3)8-10-25)15(2)26(14)17-6-4-5-16(12-17)20(21,22)23;2*3-1(4)2(5)6/h4-6,11-12H,7-10,13H2,1-3H3;2*(H,3,4)(H,5,6). The van der Waals surface area contributed by atoms with Crippen LogP contribution in [0.4, 0.5) is 13.2 Å². The third-order valence-electron chi connectivity index (χ3n) is 5.49. The van der Waals surface area contributed by atoms with E-state index in [9.17, 15) is 18.0 Å². The Labute approximate surface area is 220 Å². The number of likely N-dealkylation sites (N-methyl/N-ethyl adjacent to an activating group) is 1. The molecule has 39 heavy (non-hydrogen) atoms. The molecular formula is C24H28F3N3O9. The van der Waals surface area contributed by atoms with Crippen molar-refractivity contribution in [1.82, 2.24) is 14.4 Å². The highest BCUT2D eigenvalue weighted by Gasteiger charge is 2.31. The highest BCUT2D eigenvalue weighted by Crippen LogP contribution is 2.31. The van der Waals surface area contributed by atoms with Crippen LogP contribution < -0.4 is 0 Å². The molecule has 1 aromatic heterocycles. The number of halogens is 3. The summed E-state index contributed by atoms with van der Waals surface area (Å²) in [5.41, 5.74) is 1.71. The number of rotatable bonds is 4. The molecule has 12 nitrogen and oxygen atoms in total. The Hall–Kier alpha value is -4.24. The molecule has 214 valence electrons. The van der Waals surface area contributed by atoms with Crippen molar-refractivity contribution in [2.24, 2.45) is 0 Å². The Kier molecular flexibility index (Phi) is 11.8. The van der Waals surface area contributed by atoms with Gasteiger partial charge in [-0.3, -0.25) is 9.69 Å². The summed E-state index contributed by atoms with van der Waals surface area (Å²) >= 11 is 0. The molecule has 1 fully saturated rings. The van der Waals surface area contributed by atoms with Crippen LogP contribution in [0.15, 0.2) is 30.3 Å². The predicted octanol–water partition coefficient (Wildman–Crippen LogP) is 1.85. The second-order valence-electron chi connectivity index (χ2n) is 8.39. The fourth-order valence-electron chi connectivity index (χ4n) is 3.56. The Morgan fingerprint density at radius 2 is 1.31 bits per heavy atom. The SMILES string of the molecule is Cc1cc(C(=O)CN2CCN(C)CC2)c(C)n1-c1cccc(C(F)(F)F)c1.O=C(O)C(=O)O.O=C(O)C(=O)O. The first-order valence-corrected chi connectivity index (χ1v) is 11.2. The Morgan fingerprint density at radius 3 is 1.74 bits per heavy atom. The van der Waals surface area contributed by atoms with Crippen LogP contribution in [0.5, 0.6) is 0 Å². The minimum atomic E-state index is -4.40. The summed E-state index contributed by atoms with van der Waals surface area (Å²) in [7, 11) is 2.06. The zero-order valence-corrected chi connectivity index (χ0v) is 21.2. The van der Waals surface area contributed by atoms with Gasteiger partial charge in [-0.1, -0.05) is 6.07 Å². The number of aromatic nitrogens is 1. The smallest absolute Gasteiger partial charge is 0.416 e. The van der Waals surface area contributed by atoms with Crippen LogP contribution in [0, 0.1) is 13.8 Å². The maximum Gasteiger partial charge on any atom is 0.416 e. The van der Waals surface area contributed by atoms with E-state index in [-0.39, 0.29) is 5.78 Å². The molecule has 1 aliphatic rings. The molecule has 1 aliphatic heterocycles. The van der Waals surface area contributed by atoms with E-state index < -0.39 is 35.6 Å². The van der Waals surface area contributed by atoms with Gasteiger partial charge in [-0.2, -0.15) is 13.2 Å². The third-order valence-corrected chi connectivity index (χ3v) is 5.49. The summed E-state index contributed by atoms with van der Waals surface area (Å²) in [5, 5.41) is 29.6. The van der Waals surface area contributed by atoms with E-state index in [0.29, 0.717) is 23.5 Å². The van der Waals surface area contributed by atoms with Gasteiger partial charge in [0.1, 0.15) is 0 Å². The van der Waals surface area contributed by atoms with Gasteiger partial charge in [-0.05, 0) is 45.2 Å². The number of carbonyl (C=O) groups is 5. The topological polar surface area (TPSA) is 178 Å². The summed E-state index contributed by atoms with van der Waals surface area (Å²) in [5.74, 6) is -7.29. The van der Waals surface area contributed by atoms with Gasteiger partial charge in [-0.25, -0.2) is 19.2 Å². The van der Waals surface area contributed by atoms with Crippen molar-refractivity contribution >= 4 is 29.7 Å². The molecule has 2 heterocycles. The molecule has 0 amide bonds. The van der Waals surface area contributed by atoms with Crippen molar-refractivity contribution in [2.75, 3.05) is 39.8 Å². The van der Waals surface area contributed by atoms with Crippen molar-refractivity contribution in [3.63, 3.8) is 0 Å². The summed E-state index contributed by atoms with van der Waals surface area (Å²) in [6.45, 7) is 7.46. The van der Waals surface area contributed by atoms with Gasteiger partial charge in [0.25, 0.3) is 0 Å². The van der Waals surface area contributed by atoms with E-state index in [2.05, 4.69) is 16.8 Å². The normalized spacial score (nSPS) is 13.8. The third kappa shape index (κ3) is 10.2. The molecule has 0 unspecified atom stereocenters. The molecular weight excluding hydrogens is 531 g/mol. The first kappa shape index (κ1) is 32.8. The van der Waals surface area contributed by atoms with E-state index in [1.807, 2.05) is 0 Å². The van der Waals surface area contributed by atoms with Gasteiger partial charge in [0.15, 0.2) is 5.78 Å². The zero-order valence-electron chi connectivity index (χ0n) is 21.2. The fourth-order valence-corrected chi connectivity index (χ4v) is 3.56. The molecule has 0 atom stereocenters. The maximum atomic E-state index is 13.0. The fraction of sp³-hybridized carbons (Fsp3) is 0.375. The van der Waals surface area contributed by atoms with Gasteiger partial charge in [0, 0.05) is 48.8 Å². The van der Waals surface area contributed by atoms with Crippen molar-refractivity contribution in [2.45, 2.75) is 20.0 Å². The zero-order chi connectivity index (χ0) is 30.1. The van der Waals surface area contributed by atoms with Crippen molar-refractivity contribution < 1.29 is 57.6 Å². The molecule has 0 spiro atoms. The molecule has 4 N–H and O–H groups in total. The van der Waals surface area contributed by atoms with Crippen LogP contribution in [-0.2, 0) is 25.4 Å². The quantitative estimate of drug-likeness (QED) is 0.317. The summed E-state index contributed by atoms with van der Waals surface area (Å²) in [6, 6.07) is 6.96.